The van der Waals surface area contributed by atoms with Crippen LogP contribution in [0.25, 0.3) is 0 Å². The molecule has 38 valence electrons. The van der Waals surface area contributed by atoms with Crippen LogP contribution in [-0.4, -0.2) is 0 Å². The minimum atomic E-state index is 0.0856. The molecular formula is C3H5N3O. The predicted octanol–water partition coefficient (Wildman–Crippen LogP) is -1.46. The van der Waals surface area contributed by atoms with Crippen LogP contribution in [0.3, 0.4) is 0 Å². The molecule has 4 heteroatoms. The minimum absolute atomic E-state index is 0.0856. The number of aryl methyl sites for hydroxylation is 1. The summed E-state index contributed by atoms with van der Waals surface area (Å²) in [4.78, 5) is 0. The quantitative estimate of drug-likeness (QED) is 0.404. The van der Waals surface area contributed by atoms with Crippen LogP contribution < -0.4 is 15.5 Å². The monoisotopic (exact) mass is 99.0 g/mol. The lowest BCUT2D eigenvalue weighted by Gasteiger charge is -1.78. The summed E-state index contributed by atoms with van der Waals surface area (Å²) in [6, 6.07) is 0. The van der Waals surface area contributed by atoms with Crippen molar-refractivity contribution in [3.63, 3.8) is 0 Å². The third-order valence-electron chi connectivity index (χ3n) is 0.572. The zero-order chi connectivity index (χ0) is 5.28. The highest BCUT2D eigenvalue weighted by Gasteiger charge is 1.79. The molecule has 0 aliphatic carbocycles. The average molecular weight is 99.1 g/mol. The van der Waals surface area contributed by atoms with Crippen LogP contribution in [0.4, 0.5) is 0 Å². The van der Waals surface area contributed by atoms with Crippen molar-refractivity contribution in [2.24, 2.45) is 7.05 Å². The summed E-state index contributed by atoms with van der Waals surface area (Å²) in [6.45, 7) is 0. The van der Waals surface area contributed by atoms with Crippen molar-refractivity contribution >= 4 is 0 Å². The van der Waals surface area contributed by atoms with Crippen molar-refractivity contribution in [3.8, 4) is 0 Å². The number of nitrogens with zero attached hydrogens (tertiary/aromatic N) is 2. The summed E-state index contributed by atoms with van der Waals surface area (Å²) < 4.78 is 5.78. The molecule has 0 aliphatic rings. The van der Waals surface area contributed by atoms with E-state index in [1.54, 1.807) is 7.05 Å². The topological polar surface area (TPSA) is 55.0 Å². The van der Waals surface area contributed by atoms with Crippen molar-refractivity contribution < 1.29 is 9.20 Å². The van der Waals surface area contributed by atoms with Gasteiger partial charge in [-0.05, 0) is 0 Å². The normalized spacial score (nSPS) is 9.29. The molecule has 1 aromatic heterocycles. The molecule has 0 aromatic carbocycles. The molecule has 0 spiro atoms. The molecule has 0 saturated carbocycles. The first-order valence-electron chi connectivity index (χ1n) is 1.83. The SMILES string of the molecule is C[n+]1cc(=N)o[n-]1. The fourth-order valence-electron chi connectivity index (χ4n) is 0.325. The minimum Gasteiger partial charge on any atom is -0.487 e. The summed E-state index contributed by atoms with van der Waals surface area (Å²) in [5, 5.41) is 10.1. The Labute approximate surface area is 39.8 Å². The molecule has 0 unspecified atom stereocenters. The Morgan fingerprint density at radius 2 is 2.71 bits per heavy atom. The number of aromatic nitrogens is 2. The van der Waals surface area contributed by atoms with Crippen molar-refractivity contribution in [2.75, 3.05) is 0 Å². The van der Waals surface area contributed by atoms with E-state index in [9.17, 15) is 0 Å². The van der Waals surface area contributed by atoms with E-state index in [0.717, 1.165) is 0 Å². The van der Waals surface area contributed by atoms with E-state index in [4.69, 9.17) is 5.41 Å². The molecule has 4 nitrogen and oxygen atoms in total. The summed E-state index contributed by atoms with van der Waals surface area (Å²) >= 11 is 0. The van der Waals surface area contributed by atoms with Gasteiger partial charge in [-0.3, -0.25) is 10.7 Å². The molecule has 7 heavy (non-hydrogen) atoms. The zero-order valence-electron chi connectivity index (χ0n) is 3.88. The first-order valence-corrected chi connectivity index (χ1v) is 1.83. The zero-order valence-corrected chi connectivity index (χ0v) is 3.88. The third-order valence-corrected chi connectivity index (χ3v) is 0.572. The van der Waals surface area contributed by atoms with Crippen molar-refractivity contribution in [1.82, 2.24) is 5.27 Å². The van der Waals surface area contributed by atoms with Crippen LogP contribution in [0.15, 0.2) is 10.7 Å². The fourth-order valence-corrected chi connectivity index (χ4v) is 0.325. The lowest BCUT2D eigenvalue weighted by Crippen LogP contribution is -2.30. The third kappa shape index (κ3) is 0.677. The maximum Gasteiger partial charge on any atom is 0.264 e. The van der Waals surface area contributed by atoms with Gasteiger partial charge in [-0.1, -0.05) is 0 Å². The van der Waals surface area contributed by atoms with Gasteiger partial charge in [-0.25, -0.2) is 4.68 Å². The lowest BCUT2D eigenvalue weighted by atomic mass is 10.9. The standard InChI is InChI=1S/C3H5N3O/c1-6-2-3(4)7-5-6/h2,4H,1H3. The lowest BCUT2D eigenvalue weighted by molar-refractivity contribution is -0.745. The molecule has 0 radical (unpaired) electrons. The first-order chi connectivity index (χ1) is 3.29. The van der Waals surface area contributed by atoms with E-state index in [-0.39, 0.29) is 5.55 Å². The fraction of sp³-hybridized carbons (Fsp3) is 0.333. The Morgan fingerprint density at radius 3 is 2.86 bits per heavy atom. The Kier molecular flexibility index (Phi) is 0.714. The van der Waals surface area contributed by atoms with Gasteiger partial charge < -0.3 is 4.52 Å². The average Bonchev–Trinajstić information content (AvgIpc) is 1.87. The van der Waals surface area contributed by atoms with Gasteiger partial charge in [-0.2, -0.15) is 0 Å². The van der Waals surface area contributed by atoms with Gasteiger partial charge in [-0.15, -0.1) is 0 Å². The Bertz CT molecular complexity index is 198. The van der Waals surface area contributed by atoms with Crippen LogP contribution >= 0.6 is 0 Å². The largest absolute Gasteiger partial charge is 0.487 e. The molecule has 0 aliphatic heterocycles. The molecule has 0 atom stereocenters. The molecule has 0 amide bonds. The molecule has 1 rings (SSSR count). The predicted molar refractivity (Wildman–Crippen MR) is 19.1 cm³/mol. The number of rotatable bonds is 0. The van der Waals surface area contributed by atoms with Crippen LogP contribution in [0.2, 0.25) is 0 Å². The summed E-state index contributed by atoms with van der Waals surface area (Å²) in [5.74, 6) is 0. The van der Waals surface area contributed by atoms with E-state index < -0.39 is 0 Å². The summed E-state index contributed by atoms with van der Waals surface area (Å²) in [5.41, 5.74) is 0.0856. The molecule has 1 heterocycles. The Morgan fingerprint density at radius 1 is 2.00 bits per heavy atom. The van der Waals surface area contributed by atoms with E-state index in [1.165, 1.54) is 10.9 Å². The maximum atomic E-state index is 6.77. The van der Waals surface area contributed by atoms with Crippen LogP contribution in [0.1, 0.15) is 0 Å². The molecule has 0 saturated heterocycles. The van der Waals surface area contributed by atoms with Crippen molar-refractivity contribution in [2.45, 2.75) is 0 Å². The summed E-state index contributed by atoms with van der Waals surface area (Å²) in [7, 11) is 1.70. The molecular weight excluding hydrogens is 94.1 g/mol. The smallest absolute Gasteiger partial charge is 0.264 e. The highest BCUT2D eigenvalue weighted by molar-refractivity contribution is 4.38. The maximum absolute atomic E-state index is 6.77. The van der Waals surface area contributed by atoms with Gasteiger partial charge in [0.15, 0.2) is 0 Å². The van der Waals surface area contributed by atoms with Gasteiger partial charge >= 0.3 is 0 Å². The highest BCUT2D eigenvalue weighted by atomic mass is 16.5. The second kappa shape index (κ2) is 1.22. The van der Waals surface area contributed by atoms with Crippen molar-refractivity contribution in [3.05, 3.63) is 11.8 Å². The van der Waals surface area contributed by atoms with Crippen LogP contribution in [0.5, 0.6) is 0 Å². The molecule has 0 bridgehead atoms. The van der Waals surface area contributed by atoms with Gasteiger partial charge in [0.25, 0.3) is 5.55 Å². The second-order valence-electron chi connectivity index (χ2n) is 1.24. The summed E-state index contributed by atoms with van der Waals surface area (Å²) in [6.07, 6.45) is 1.47. The van der Waals surface area contributed by atoms with E-state index >= 15 is 0 Å². The van der Waals surface area contributed by atoms with E-state index in [2.05, 4.69) is 9.79 Å². The van der Waals surface area contributed by atoms with Crippen LogP contribution in [0, 0.1) is 5.41 Å². The van der Waals surface area contributed by atoms with E-state index in [1.807, 2.05) is 0 Å². The van der Waals surface area contributed by atoms with Gasteiger partial charge in [0.2, 0.25) is 6.20 Å². The van der Waals surface area contributed by atoms with Gasteiger partial charge in [0.05, 0.1) is 0 Å². The number of hydrogen-bond donors (Lipinski definition) is 1. The Balaban J connectivity index is 3.30. The number of hydrogen-bond acceptors (Lipinski definition) is 2. The van der Waals surface area contributed by atoms with Gasteiger partial charge in [0.1, 0.15) is 7.05 Å². The number of nitrogens with one attached hydrogen (secondary N) is 1. The highest BCUT2D eigenvalue weighted by Crippen LogP contribution is 1.45. The van der Waals surface area contributed by atoms with E-state index in [0.29, 0.717) is 0 Å². The van der Waals surface area contributed by atoms with Gasteiger partial charge in [0, 0.05) is 0 Å². The van der Waals surface area contributed by atoms with Crippen molar-refractivity contribution in [1.29, 1.82) is 5.41 Å². The molecule has 1 N–H and O–H groups in total. The molecule has 0 fully saturated rings. The second-order valence-corrected chi connectivity index (χ2v) is 1.24. The van der Waals surface area contributed by atoms with Crippen LogP contribution in [-0.2, 0) is 7.05 Å². The first kappa shape index (κ1) is 4.11. The molecule has 1 aromatic rings. The Hall–Kier alpha value is -1.06.